The van der Waals surface area contributed by atoms with Gasteiger partial charge in [0, 0.05) is 44.3 Å². The zero-order chi connectivity index (χ0) is 44.8. The number of hydrogen-bond acceptors (Lipinski definition) is 2. The number of ether oxygens (including phenoxy) is 1. The Morgan fingerprint density at radius 3 is 1.68 bits per heavy atom. The number of rotatable bonds is 5. The van der Waals surface area contributed by atoms with E-state index in [2.05, 4.69) is 230 Å². The molecular weight excluding hydrogens is 940 g/mol. The predicted octanol–water partition coefficient (Wildman–Crippen LogP) is 14.2. The Kier molecular flexibility index (Phi) is 12.1. The Balaban J connectivity index is 0.00000641. The second-order valence-corrected chi connectivity index (χ2v) is 23.3. The number of imidazole rings is 1. The summed E-state index contributed by atoms with van der Waals surface area (Å²) in [5.74, 6) is 2.10. The minimum atomic E-state index is -0.240. The Morgan fingerprint density at radius 2 is 1.11 bits per heavy atom. The van der Waals surface area contributed by atoms with Crippen LogP contribution in [0.15, 0.2) is 85.1 Å². The summed E-state index contributed by atoms with van der Waals surface area (Å²) in [4.78, 5) is 4.89. The molecule has 0 saturated heterocycles. The molecule has 3 aromatic heterocycles. The number of fused-ring (bicyclic) bond motifs is 3. The molecule has 0 aliphatic rings. The molecular formula is C56H68N4OPt-2. The monoisotopic (exact) mass is 1010 g/mol. The van der Waals surface area contributed by atoms with Crippen molar-refractivity contribution in [3.05, 3.63) is 137 Å². The van der Waals surface area contributed by atoms with Crippen LogP contribution in [0.25, 0.3) is 39.0 Å². The summed E-state index contributed by atoms with van der Waals surface area (Å²) in [6.07, 6.45) is 5.84. The van der Waals surface area contributed by atoms with Gasteiger partial charge in [-0.25, -0.2) is 4.98 Å². The van der Waals surface area contributed by atoms with Crippen LogP contribution < -0.4 is 9.30 Å². The van der Waals surface area contributed by atoms with Crippen molar-refractivity contribution in [3.63, 3.8) is 0 Å². The van der Waals surface area contributed by atoms with Gasteiger partial charge < -0.3 is 13.9 Å². The molecule has 6 heteroatoms. The zero-order valence-corrected chi connectivity index (χ0v) is 42.9. The molecule has 0 unspecified atom stereocenters. The Bertz CT molecular complexity index is 2740. The van der Waals surface area contributed by atoms with Gasteiger partial charge in [-0.1, -0.05) is 154 Å². The van der Waals surface area contributed by atoms with Crippen LogP contribution in [-0.2, 0) is 53.6 Å². The summed E-state index contributed by atoms with van der Waals surface area (Å²) < 4.78 is 13.7. The van der Waals surface area contributed by atoms with Gasteiger partial charge in [-0.05, 0) is 90.6 Å². The second-order valence-electron chi connectivity index (χ2n) is 23.3. The first-order valence-corrected chi connectivity index (χ1v) is 22.0. The largest absolute Gasteiger partial charge is 0.510 e. The second kappa shape index (κ2) is 16.0. The van der Waals surface area contributed by atoms with E-state index in [1.165, 1.54) is 28.1 Å². The minimum absolute atomic E-state index is 0. The molecule has 0 amide bonds. The standard InChI is InChI=1S/C56H68N4O.Pt/c1-51(2,3)36-25-26-57-48(32-36)60-46-22-20-19-21-44(46)45-24-23-42(34-47(45)60)61-43-31-39(54(10,11)12)30-41(33-43)59-35-58(49(55(13,14)15)50(59)56(16,17)18)40-28-37(52(4,5)6)27-38(29-40)53(7,8)9;/h19-32H,1-18H3;/q-2;. The molecule has 330 valence electrons. The molecule has 0 aliphatic heterocycles. The van der Waals surface area contributed by atoms with Crippen LogP contribution in [-0.4, -0.2) is 14.1 Å². The smallest absolute Gasteiger partial charge is 0.267 e. The molecule has 0 spiro atoms. The number of aromatic nitrogens is 4. The maximum atomic E-state index is 6.89. The van der Waals surface area contributed by atoms with Gasteiger partial charge in [0.25, 0.3) is 6.33 Å². The number of hydrogen-bond donors (Lipinski definition) is 0. The van der Waals surface area contributed by atoms with E-state index in [0.29, 0.717) is 11.5 Å². The van der Waals surface area contributed by atoms with E-state index >= 15 is 0 Å². The predicted molar refractivity (Wildman–Crippen MR) is 255 cm³/mol. The van der Waals surface area contributed by atoms with Crippen LogP contribution in [0, 0.1) is 18.5 Å². The van der Waals surface area contributed by atoms with Gasteiger partial charge >= 0.3 is 0 Å². The quantitative estimate of drug-likeness (QED) is 0.127. The maximum Gasteiger partial charge on any atom is 0.267 e. The summed E-state index contributed by atoms with van der Waals surface area (Å²) in [7, 11) is 0. The van der Waals surface area contributed by atoms with Gasteiger partial charge in [-0.3, -0.25) is 4.57 Å². The third-order valence-corrected chi connectivity index (χ3v) is 11.8. The van der Waals surface area contributed by atoms with Gasteiger partial charge in [-0.2, -0.15) is 17.7 Å². The van der Waals surface area contributed by atoms with Crippen molar-refractivity contribution in [3.8, 4) is 28.7 Å². The molecule has 7 rings (SSSR count). The summed E-state index contributed by atoms with van der Waals surface area (Å²) >= 11 is 0. The first-order chi connectivity index (χ1) is 28.0. The molecule has 0 N–H and O–H groups in total. The number of nitrogens with zero attached hydrogens (tertiary/aromatic N) is 4. The fourth-order valence-corrected chi connectivity index (χ4v) is 8.19. The molecule has 7 aromatic rings. The summed E-state index contributed by atoms with van der Waals surface area (Å²) in [5, 5.41) is 2.25. The molecule has 0 saturated carbocycles. The van der Waals surface area contributed by atoms with Crippen molar-refractivity contribution in [1.82, 2.24) is 14.1 Å². The average Bonchev–Trinajstić information content (AvgIpc) is 3.71. The molecule has 4 aromatic carbocycles. The normalized spacial score (nSPS) is 13.2. The van der Waals surface area contributed by atoms with Crippen LogP contribution in [0.4, 0.5) is 0 Å². The number of pyridine rings is 1. The van der Waals surface area contributed by atoms with Crippen molar-refractivity contribution < 1.29 is 30.4 Å². The molecule has 0 aliphatic carbocycles. The Labute approximate surface area is 387 Å². The summed E-state index contributed by atoms with van der Waals surface area (Å²) in [6.45, 7) is 41.1. The van der Waals surface area contributed by atoms with Gasteiger partial charge in [-0.15, -0.1) is 29.7 Å². The molecule has 0 atom stereocenters. The van der Waals surface area contributed by atoms with E-state index in [1.54, 1.807) is 0 Å². The third kappa shape index (κ3) is 9.26. The fourth-order valence-electron chi connectivity index (χ4n) is 8.19. The van der Waals surface area contributed by atoms with Gasteiger partial charge in [0.2, 0.25) is 0 Å². The van der Waals surface area contributed by atoms with Crippen LogP contribution >= 0.6 is 0 Å². The summed E-state index contributed by atoms with van der Waals surface area (Å²) in [6, 6.07) is 35.9. The van der Waals surface area contributed by atoms with E-state index < -0.39 is 0 Å². The average molecular weight is 1010 g/mol. The van der Waals surface area contributed by atoms with Gasteiger partial charge in [0.15, 0.2) is 0 Å². The minimum Gasteiger partial charge on any atom is -0.510 e. The van der Waals surface area contributed by atoms with Crippen molar-refractivity contribution in [2.45, 2.75) is 157 Å². The van der Waals surface area contributed by atoms with E-state index in [9.17, 15) is 0 Å². The van der Waals surface area contributed by atoms with Crippen molar-refractivity contribution in [2.75, 3.05) is 0 Å². The fraction of sp³-hybridized carbons (Fsp3) is 0.429. The topological polar surface area (TPSA) is 35.9 Å². The van der Waals surface area contributed by atoms with Crippen LogP contribution in [0.1, 0.15) is 158 Å². The van der Waals surface area contributed by atoms with Crippen molar-refractivity contribution >= 4 is 21.8 Å². The molecule has 0 radical (unpaired) electrons. The zero-order valence-electron chi connectivity index (χ0n) is 40.6. The summed E-state index contributed by atoms with van der Waals surface area (Å²) in [5.41, 5.74) is 10.7. The number of benzene rings is 4. The first-order valence-electron chi connectivity index (χ1n) is 22.0. The van der Waals surface area contributed by atoms with Crippen LogP contribution in [0.3, 0.4) is 0 Å². The van der Waals surface area contributed by atoms with E-state index in [-0.39, 0.29) is 53.6 Å². The molecule has 0 fully saturated rings. The molecule has 62 heavy (non-hydrogen) atoms. The third-order valence-electron chi connectivity index (χ3n) is 11.8. The SMILES string of the molecule is CC(C)(C)c1cc(Oc2[c-]c3c(cc2)c2ccccc2n3-c2cc(C(C)(C)C)ccn2)[c-]c(-n2[c-][n+](-c3cc(C(C)(C)C)cc(C(C)(C)C)c3)c(C(C)(C)C)c2C(C)(C)C)c1.[Pt]. The molecule has 3 heterocycles. The Hall–Kier alpha value is -4.47. The van der Waals surface area contributed by atoms with Gasteiger partial charge in [0.1, 0.15) is 5.82 Å². The van der Waals surface area contributed by atoms with Crippen molar-refractivity contribution in [2.24, 2.45) is 0 Å². The van der Waals surface area contributed by atoms with E-state index in [1.807, 2.05) is 12.3 Å². The van der Waals surface area contributed by atoms with E-state index in [4.69, 9.17) is 9.72 Å². The maximum absolute atomic E-state index is 6.89. The molecule has 0 bridgehead atoms. The van der Waals surface area contributed by atoms with E-state index in [0.717, 1.165) is 44.6 Å². The number of para-hydroxylation sites is 1. The Morgan fingerprint density at radius 1 is 0.532 bits per heavy atom. The first kappa shape index (κ1) is 47.0. The van der Waals surface area contributed by atoms with Gasteiger partial charge in [0.05, 0.1) is 17.1 Å². The van der Waals surface area contributed by atoms with Crippen molar-refractivity contribution in [1.29, 1.82) is 0 Å². The van der Waals surface area contributed by atoms with Crippen LogP contribution in [0.2, 0.25) is 0 Å². The van der Waals surface area contributed by atoms with Crippen LogP contribution in [0.5, 0.6) is 11.5 Å². The molecule has 5 nitrogen and oxygen atoms in total.